The van der Waals surface area contributed by atoms with E-state index >= 15 is 0 Å². The molecule has 0 fully saturated rings. The molecule has 4 nitrogen and oxygen atoms in total. The van der Waals surface area contributed by atoms with Crippen molar-refractivity contribution in [2.75, 3.05) is 6.61 Å². The Labute approximate surface area is 114 Å². The van der Waals surface area contributed by atoms with E-state index in [4.69, 9.17) is 10.5 Å². The average molecular weight is 308 g/mol. The molecule has 1 aromatic heterocycles. The Morgan fingerprint density at radius 3 is 3.17 bits per heavy atom. The van der Waals surface area contributed by atoms with Crippen LogP contribution in [0.25, 0.3) is 0 Å². The Morgan fingerprint density at radius 1 is 1.44 bits per heavy atom. The van der Waals surface area contributed by atoms with Crippen molar-refractivity contribution in [3.05, 3.63) is 46.0 Å². The molecule has 3 rings (SSSR count). The maximum atomic E-state index is 5.72. The van der Waals surface area contributed by atoms with Crippen LogP contribution in [0.4, 0.5) is 0 Å². The molecule has 18 heavy (non-hydrogen) atoms. The Bertz CT molecular complexity index is 580. The van der Waals surface area contributed by atoms with Crippen LogP contribution in [-0.2, 0) is 19.5 Å². The van der Waals surface area contributed by atoms with Crippen molar-refractivity contribution >= 4 is 15.9 Å². The van der Waals surface area contributed by atoms with Crippen LogP contribution in [0.1, 0.15) is 17.0 Å². The number of nitrogens with two attached hydrogens (primary N) is 1. The molecule has 5 heteroatoms. The summed E-state index contributed by atoms with van der Waals surface area (Å²) in [6, 6.07) is 4.23. The van der Waals surface area contributed by atoms with Crippen LogP contribution in [-0.4, -0.2) is 16.2 Å². The number of hydrogen-bond donors (Lipinski definition) is 1. The molecule has 0 saturated heterocycles. The highest BCUT2D eigenvalue weighted by Crippen LogP contribution is 2.33. The molecule has 0 amide bonds. The molecule has 2 aromatic rings. The number of benzene rings is 1. The first-order chi connectivity index (χ1) is 8.78. The quantitative estimate of drug-likeness (QED) is 0.944. The first-order valence-corrected chi connectivity index (χ1v) is 6.71. The van der Waals surface area contributed by atoms with Gasteiger partial charge in [-0.05, 0) is 17.7 Å². The highest BCUT2D eigenvalue weighted by atomic mass is 79.9. The zero-order chi connectivity index (χ0) is 12.5. The minimum Gasteiger partial charge on any atom is -0.493 e. The second-order valence-electron chi connectivity index (χ2n) is 4.33. The summed E-state index contributed by atoms with van der Waals surface area (Å²) >= 11 is 3.55. The summed E-state index contributed by atoms with van der Waals surface area (Å²) in [6.07, 6.45) is 4.71. The van der Waals surface area contributed by atoms with E-state index in [0.29, 0.717) is 6.54 Å². The summed E-state index contributed by atoms with van der Waals surface area (Å²) < 4.78 is 8.87. The van der Waals surface area contributed by atoms with Crippen molar-refractivity contribution in [1.29, 1.82) is 0 Å². The topological polar surface area (TPSA) is 53.1 Å². The predicted octanol–water partition coefficient (Wildman–Crippen LogP) is 2.09. The summed E-state index contributed by atoms with van der Waals surface area (Å²) in [7, 11) is 0. The summed E-state index contributed by atoms with van der Waals surface area (Å²) in [6.45, 7) is 1.96. The third-order valence-corrected chi connectivity index (χ3v) is 3.61. The zero-order valence-corrected chi connectivity index (χ0v) is 11.5. The number of imidazole rings is 1. The number of ether oxygens (including phenoxy) is 1. The molecule has 0 spiro atoms. The summed E-state index contributed by atoms with van der Waals surface area (Å²) in [5.74, 6) is 1.91. The highest BCUT2D eigenvalue weighted by molar-refractivity contribution is 9.10. The second kappa shape index (κ2) is 4.74. The van der Waals surface area contributed by atoms with Crippen LogP contribution in [0, 0.1) is 0 Å². The van der Waals surface area contributed by atoms with E-state index in [1.165, 1.54) is 11.1 Å². The third kappa shape index (κ3) is 2.04. The van der Waals surface area contributed by atoms with E-state index in [1.54, 1.807) is 6.20 Å². The molecule has 0 saturated carbocycles. The molecule has 2 heterocycles. The van der Waals surface area contributed by atoms with Crippen LogP contribution >= 0.6 is 15.9 Å². The van der Waals surface area contributed by atoms with E-state index in [9.17, 15) is 0 Å². The van der Waals surface area contributed by atoms with Crippen LogP contribution in [0.15, 0.2) is 29.0 Å². The maximum absolute atomic E-state index is 5.72. The fourth-order valence-electron chi connectivity index (χ4n) is 2.32. The van der Waals surface area contributed by atoms with Crippen molar-refractivity contribution < 1.29 is 4.74 Å². The average Bonchev–Trinajstić information content (AvgIpc) is 2.96. The van der Waals surface area contributed by atoms with Gasteiger partial charge in [0.05, 0.1) is 19.7 Å². The lowest BCUT2D eigenvalue weighted by molar-refractivity contribution is 0.352. The minimum absolute atomic E-state index is 0.448. The Hall–Kier alpha value is -1.33. The number of fused-ring (bicyclic) bond motifs is 1. The molecule has 2 N–H and O–H groups in total. The largest absolute Gasteiger partial charge is 0.493 e. The van der Waals surface area contributed by atoms with Gasteiger partial charge in [0.2, 0.25) is 0 Å². The first kappa shape index (κ1) is 11.7. The van der Waals surface area contributed by atoms with Gasteiger partial charge in [0, 0.05) is 28.9 Å². The Kier molecular flexibility index (Phi) is 3.09. The first-order valence-electron chi connectivity index (χ1n) is 5.92. The predicted molar refractivity (Wildman–Crippen MR) is 72.6 cm³/mol. The summed E-state index contributed by atoms with van der Waals surface area (Å²) in [5.41, 5.74) is 8.11. The molecule has 0 unspecified atom stereocenters. The van der Waals surface area contributed by atoms with E-state index in [1.807, 2.05) is 6.20 Å². The molecule has 0 atom stereocenters. The smallest absolute Gasteiger partial charge is 0.127 e. The molecular formula is C13H14BrN3O. The summed E-state index contributed by atoms with van der Waals surface area (Å²) in [4.78, 5) is 4.23. The molecule has 0 radical (unpaired) electrons. The SMILES string of the molecule is NCc1nccn1Cc1cc(Br)cc2c1OCC2. The van der Waals surface area contributed by atoms with E-state index in [-0.39, 0.29) is 0 Å². The highest BCUT2D eigenvalue weighted by Gasteiger charge is 2.18. The Balaban J connectivity index is 1.98. The minimum atomic E-state index is 0.448. The number of hydrogen-bond acceptors (Lipinski definition) is 3. The molecular weight excluding hydrogens is 294 g/mol. The lowest BCUT2D eigenvalue weighted by Gasteiger charge is -2.11. The lowest BCUT2D eigenvalue weighted by atomic mass is 10.1. The van der Waals surface area contributed by atoms with Crippen molar-refractivity contribution in [2.45, 2.75) is 19.5 Å². The molecule has 0 bridgehead atoms. The van der Waals surface area contributed by atoms with Gasteiger partial charge >= 0.3 is 0 Å². The number of nitrogens with zero attached hydrogens (tertiary/aromatic N) is 2. The number of aromatic nitrogens is 2. The van der Waals surface area contributed by atoms with Gasteiger partial charge in [-0.1, -0.05) is 15.9 Å². The van der Waals surface area contributed by atoms with Crippen LogP contribution in [0.5, 0.6) is 5.75 Å². The second-order valence-corrected chi connectivity index (χ2v) is 5.24. The van der Waals surface area contributed by atoms with Gasteiger partial charge in [-0.25, -0.2) is 4.98 Å². The van der Waals surface area contributed by atoms with Gasteiger partial charge in [-0.2, -0.15) is 0 Å². The van der Waals surface area contributed by atoms with Crippen LogP contribution < -0.4 is 10.5 Å². The van der Waals surface area contributed by atoms with Gasteiger partial charge in [-0.15, -0.1) is 0 Å². The normalized spacial score (nSPS) is 13.4. The fourth-order valence-corrected chi connectivity index (χ4v) is 2.87. The van der Waals surface area contributed by atoms with E-state index in [2.05, 4.69) is 37.6 Å². The van der Waals surface area contributed by atoms with Crippen molar-refractivity contribution in [1.82, 2.24) is 9.55 Å². The third-order valence-electron chi connectivity index (χ3n) is 3.15. The van der Waals surface area contributed by atoms with E-state index in [0.717, 1.165) is 35.6 Å². The van der Waals surface area contributed by atoms with Crippen LogP contribution in [0.2, 0.25) is 0 Å². The Morgan fingerprint density at radius 2 is 2.33 bits per heavy atom. The lowest BCUT2D eigenvalue weighted by Crippen LogP contribution is -2.09. The van der Waals surface area contributed by atoms with Crippen molar-refractivity contribution in [3.8, 4) is 5.75 Å². The van der Waals surface area contributed by atoms with E-state index < -0.39 is 0 Å². The van der Waals surface area contributed by atoms with Crippen LogP contribution in [0.3, 0.4) is 0 Å². The molecule has 94 valence electrons. The maximum Gasteiger partial charge on any atom is 0.127 e. The standard InChI is InChI=1S/C13H14BrN3O/c14-11-5-9-1-4-18-13(9)10(6-11)8-17-3-2-16-12(17)7-15/h2-3,5-6H,1,4,7-8,15H2. The molecule has 0 aliphatic carbocycles. The molecule has 1 aromatic carbocycles. The molecule has 1 aliphatic rings. The summed E-state index contributed by atoms with van der Waals surface area (Å²) in [5, 5.41) is 0. The van der Waals surface area contributed by atoms with Crippen molar-refractivity contribution in [3.63, 3.8) is 0 Å². The molecule has 1 aliphatic heterocycles. The monoisotopic (exact) mass is 307 g/mol. The fraction of sp³-hybridized carbons (Fsp3) is 0.308. The van der Waals surface area contributed by atoms with Crippen molar-refractivity contribution in [2.24, 2.45) is 5.73 Å². The van der Waals surface area contributed by atoms with Gasteiger partial charge in [-0.3, -0.25) is 0 Å². The zero-order valence-electron chi connectivity index (χ0n) is 9.90. The van der Waals surface area contributed by atoms with Gasteiger partial charge in [0.1, 0.15) is 11.6 Å². The number of rotatable bonds is 3. The van der Waals surface area contributed by atoms with Gasteiger partial charge in [0.25, 0.3) is 0 Å². The van der Waals surface area contributed by atoms with Gasteiger partial charge < -0.3 is 15.0 Å². The van der Waals surface area contributed by atoms with Gasteiger partial charge in [0.15, 0.2) is 0 Å². The number of halogens is 1.